The lowest BCUT2D eigenvalue weighted by Gasteiger charge is -2.27. The van der Waals surface area contributed by atoms with Gasteiger partial charge in [0.05, 0.1) is 83.1 Å². The molecule has 7 atom stereocenters. The first-order valence-corrected chi connectivity index (χ1v) is 24.5. The average molecular weight is 929 g/mol. The Bertz CT molecular complexity index is 1700. The molecule has 2 aromatic heterocycles. The summed E-state index contributed by atoms with van der Waals surface area (Å²) in [6, 6.07) is 11.0. The topological polar surface area (TPSA) is 227 Å². The highest BCUT2D eigenvalue weighted by atomic mass is 32.2. The van der Waals surface area contributed by atoms with Crippen molar-refractivity contribution in [2.45, 2.75) is 75.9 Å². The smallest absolute Gasteiger partial charge is 0.407 e. The summed E-state index contributed by atoms with van der Waals surface area (Å²) in [6.07, 6.45) is 5.72. The summed E-state index contributed by atoms with van der Waals surface area (Å²) in [5, 5.41) is 21.8. The van der Waals surface area contributed by atoms with Crippen molar-refractivity contribution < 1.29 is 53.0 Å². The van der Waals surface area contributed by atoms with E-state index in [0.717, 1.165) is 37.2 Å². The molecule has 5 fully saturated rings. The number of alkyl carbamates (subject to hydrolysis) is 1. The van der Waals surface area contributed by atoms with Crippen molar-refractivity contribution >= 4 is 29.8 Å². The van der Waals surface area contributed by atoms with E-state index in [9.17, 15) is 24.6 Å². The Morgan fingerprint density at radius 2 is 1.29 bits per heavy atom. The number of hydrogen-bond donors (Lipinski definition) is 6. The van der Waals surface area contributed by atoms with Gasteiger partial charge in [-0.25, -0.2) is 35.2 Å². The third-order valence-corrected chi connectivity index (χ3v) is 14.3. The fourth-order valence-electron chi connectivity index (χ4n) is 9.56. The van der Waals surface area contributed by atoms with Crippen LogP contribution in [0.3, 0.4) is 0 Å². The van der Waals surface area contributed by atoms with Gasteiger partial charge in [0.2, 0.25) is 0 Å². The van der Waals surface area contributed by atoms with Crippen LogP contribution in [0.25, 0.3) is 0 Å². The molecule has 0 bridgehead atoms. The predicted molar refractivity (Wildman–Crippen MR) is 240 cm³/mol. The second-order valence-corrected chi connectivity index (χ2v) is 18.7. The van der Waals surface area contributed by atoms with Crippen molar-refractivity contribution in [3.8, 4) is 0 Å². The summed E-state index contributed by atoms with van der Waals surface area (Å²) in [7, 11) is 0. The van der Waals surface area contributed by atoms with E-state index in [1.807, 2.05) is 23.9 Å². The molecule has 2 aliphatic heterocycles. The molecule has 0 aromatic carbocycles. The number of nitrogens with one attached hydrogen (secondary N) is 4. The van der Waals surface area contributed by atoms with Gasteiger partial charge < -0.3 is 44.0 Å². The standard InChI is InChI=1S/C45H68N8O11S/c54-43(55)39-5-1-3-32(47-39)27-52-12-17-60-21-22-61-18-13-53(28-33-4-2-6-40(48-33)44(56)57)15-20-63-42-26-31(25-41(42)62-19-14-52)30-65-24-23-59-16-11-46-45(58)64-29-36-34-7-9-37-38(50-51-49-37)10-8-35(34)36/h1-6,31,34-38,41-42,49-51H,7-30H2,(H,46,58)(H,54,55)(H,56,57)/t31?,34-,35+,36?,37?,38?,41?,42?. The lowest BCUT2D eigenvalue weighted by Crippen LogP contribution is -2.36. The van der Waals surface area contributed by atoms with Gasteiger partial charge in [-0.15, -0.1) is 0 Å². The van der Waals surface area contributed by atoms with E-state index in [1.54, 1.807) is 12.1 Å². The zero-order valence-electron chi connectivity index (χ0n) is 37.3. The molecule has 0 radical (unpaired) electrons. The Hall–Kier alpha value is -3.54. The number of carboxylic acids is 2. The molecule has 65 heavy (non-hydrogen) atoms. The summed E-state index contributed by atoms with van der Waals surface area (Å²) in [5.74, 6) is 1.80. The fourth-order valence-corrected chi connectivity index (χ4v) is 10.6. The predicted octanol–water partition coefficient (Wildman–Crippen LogP) is 2.67. The van der Waals surface area contributed by atoms with Gasteiger partial charge in [0.25, 0.3) is 0 Å². The van der Waals surface area contributed by atoms with Crippen LogP contribution in [0.2, 0.25) is 0 Å². The van der Waals surface area contributed by atoms with Gasteiger partial charge >= 0.3 is 18.0 Å². The molecule has 1 amide bonds. The summed E-state index contributed by atoms with van der Waals surface area (Å²) in [5.41, 5.74) is 11.1. The Morgan fingerprint density at radius 1 is 0.738 bits per heavy atom. The number of carbonyl (C=O) groups is 3. The number of aromatic carboxylic acids is 2. The number of amides is 1. The largest absolute Gasteiger partial charge is 0.477 e. The number of fused-ring (bicyclic) bond motifs is 3. The Labute approximate surface area is 385 Å². The molecule has 2 saturated heterocycles. The lowest BCUT2D eigenvalue weighted by molar-refractivity contribution is -0.0669. The monoisotopic (exact) mass is 928 g/mol. The van der Waals surface area contributed by atoms with Crippen LogP contribution in [-0.4, -0.2) is 176 Å². The number of ether oxygens (including phenoxy) is 6. The van der Waals surface area contributed by atoms with E-state index in [2.05, 4.69) is 41.5 Å². The number of hydrogen-bond acceptors (Lipinski definition) is 17. The molecule has 5 aliphatic rings. The van der Waals surface area contributed by atoms with Crippen molar-refractivity contribution in [1.82, 2.24) is 41.5 Å². The summed E-state index contributed by atoms with van der Waals surface area (Å²) >= 11 is 1.84. The third-order valence-electron chi connectivity index (χ3n) is 13.1. The first-order chi connectivity index (χ1) is 31.8. The fraction of sp³-hybridized carbons (Fsp3) is 0.711. The number of pyridine rings is 2. The maximum absolute atomic E-state index is 12.4. The average Bonchev–Trinajstić information content (AvgIpc) is 3.52. The van der Waals surface area contributed by atoms with Crippen molar-refractivity contribution in [1.29, 1.82) is 0 Å². The van der Waals surface area contributed by atoms with Gasteiger partial charge in [0.15, 0.2) is 0 Å². The SMILES string of the molecule is O=C(NCCOCCSCC1CC2OCCN(Cc3cccc(C(=O)O)n3)CCOCCOCCN(Cc3cccc(C(=O)O)n3)CCOC2C1)OCC1[C@H]2CCC3NNNC3CC[C@@H]12. The van der Waals surface area contributed by atoms with Crippen LogP contribution >= 0.6 is 11.8 Å². The maximum atomic E-state index is 12.4. The van der Waals surface area contributed by atoms with E-state index in [0.29, 0.717) is 152 Å². The van der Waals surface area contributed by atoms with Crippen molar-refractivity contribution in [3.63, 3.8) is 0 Å². The zero-order chi connectivity index (χ0) is 45.2. The number of carbonyl (C=O) groups excluding carboxylic acids is 1. The van der Waals surface area contributed by atoms with E-state index >= 15 is 0 Å². The highest BCUT2D eigenvalue weighted by molar-refractivity contribution is 7.99. The minimum absolute atomic E-state index is 0.0101. The first kappa shape index (κ1) is 49.4. The van der Waals surface area contributed by atoms with Gasteiger partial charge in [0, 0.05) is 63.6 Å². The van der Waals surface area contributed by atoms with Crippen molar-refractivity contribution in [2.24, 2.45) is 23.7 Å². The molecule has 5 unspecified atom stereocenters. The quantitative estimate of drug-likeness (QED) is 0.133. The molecular weight excluding hydrogens is 861 g/mol. The van der Waals surface area contributed by atoms with Crippen LogP contribution in [0.4, 0.5) is 4.79 Å². The van der Waals surface area contributed by atoms with Crippen LogP contribution in [0.5, 0.6) is 0 Å². The molecule has 6 N–H and O–H groups in total. The number of aromatic nitrogens is 2. The molecule has 360 valence electrons. The minimum Gasteiger partial charge on any atom is -0.477 e. The number of thioether (sulfide) groups is 1. The maximum Gasteiger partial charge on any atom is 0.407 e. The molecule has 7 rings (SSSR count). The Kier molecular flexibility index (Phi) is 19.8. The Balaban J connectivity index is 0.842. The molecule has 0 spiro atoms. The van der Waals surface area contributed by atoms with Gasteiger partial charge in [-0.2, -0.15) is 17.3 Å². The molecular formula is C45H68N8O11S. The second-order valence-electron chi connectivity index (χ2n) is 17.6. The summed E-state index contributed by atoms with van der Waals surface area (Å²) in [4.78, 5) is 48.6. The second kappa shape index (κ2) is 26.1. The van der Waals surface area contributed by atoms with E-state index in [4.69, 9.17) is 28.4 Å². The normalized spacial score (nSPS) is 28.6. The molecule has 3 saturated carbocycles. The number of nitrogens with zero attached hydrogens (tertiary/aromatic N) is 4. The molecule has 2 aromatic rings. The van der Waals surface area contributed by atoms with Crippen LogP contribution < -0.4 is 21.7 Å². The van der Waals surface area contributed by atoms with Crippen molar-refractivity contribution in [2.75, 3.05) is 104 Å². The molecule has 20 heteroatoms. The third kappa shape index (κ3) is 16.1. The number of hydrazine groups is 2. The zero-order valence-corrected chi connectivity index (χ0v) is 38.1. The van der Waals surface area contributed by atoms with Gasteiger partial charge in [-0.3, -0.25) is 9.80 Å². The van der Waals surface area contributed by atoms with Crippen LogP contribution in [0.15, 0.2) is 36.4 Å². The summed E-state index contributed by atoms with van der Waals surface area (Å²) < 4.78 is 36.5. The first-order valence-electron chi connectivity index (χ1n) is 23.3. The van der Waals surface area contributed by atoms with E-state index in [-0.39, 0.29) is 29.7 Å². The highest BCUT2D eigenvalue weighted by Crippen LogP contribution is 2.53. The van der Waals surface area contributed by atoms with E-state index < -0.39 is 11.9 Å². The lowest BCUT2D eigenvalue weighted by atomic mass is 9.94. The van der Waals surface area contributed by atoms with Crippen LogP contribution in [0.1, 0.15) is 70.9 Å². The van der Waals surface area contributed by atoms with Crippen LogP contribution in [-0.2, 0) is 41.5 Å². The molecule has 19 nitrogen and oxygen atoms in total. The van der Waals surface area contributed by atoms with Gasteiger partial charge in [-0.1, -0.05) is 12.1 Å². The van der Waals surface area contributed by atoms with Crippen molar-refractivity contribution in [3.05, 3.63) is 59.2 Å². The van der Waals surface area contributed by atoms with E-state index in [1.165, 1.54) is 25.0 Å². The van der Waals surface area contributed by atoms with Crippen LogP contribution in [0, 0.1) is 23.7 Å². The number of rotatable bonds is 16. The van der Waals surface area contributed by atoms with Gasteiger partial charge in [-0.05, 0) is 92.2 Å². The Morgan fingerprint density at radius 3 is 1.85 bits per heavy atom. The highest BCUT2D eigenvalue weighted by Gasteiger charge is 2.51. The summed E-state index contributed by atoms with van der Waals surface area (Å²) in [6.45, 7) is 7.84. The van der Waals surface area contributed by atoms with Gasteiger partial charge in [0.1, 0.15) is 11.4 Å². The molecule has 4 heterocycles. The molecule has 3 aliphatic carbocycles. The number of carboxylic acid groups (broad SMARTS) is 2. The minimum atomic E-state index is -1.06.